The van der Waals surface area contributed by atoms with E-state index in [0.29, 0.717) is 6.42 Å². The van der Waals surface area contributed by atoms with Crippen LogP contribution in [0.2, 0.25) is 0 Å². The summed E-state index contributed by atoms with van der Waals surface area (Å²) in [6.45, 7) is 2.87. The van der Waals surface area contributed by atoms with Gasteiger partial charge >= 0.3 is 0 Å². The third-order valence-corrected chi connectivity index (χ3v) is 3.76. The largest absolute Gasteiger partial charge is 0.356 e. The third kappa shape index (κ3) is 5.68. The zero-order valence-corrected chi connectivity index (χ0v) is 13.2. The predicted molar refractivity (Wildman–Crippen MR) is 89.7 cm³/mol. The number of aryl methyl sites for hydroxylation is 3. The van der Waals surface area contributed by atoms with E-state index in [4.69, 9.17) is 0 Å². The van der Waals surface area contributed by atoms with Gasteiger partial charge in [-0.3, -0.25) is 9.78 Å². The average molecular weight is 296 g/mol. The van der Waals surface area contributed by atoms with Crippen molar-refractivity contribution in [3.8, 4) is 0 Å². The van der Waals surface area contributed by atoms with Gasteiger partial charge in [0.1, 0.15) is 0 Å². The minimum atomic E-state index is 0.130. The van der Waals surface area contributed by atoms with E-state index in [0.717, 1.165) is 32.2 Å². The molecule has 0 aliphatic rings. The summed E-state index contributed by atoms with van der Waals surface area (Å²) in [5.41, 5.74) is 3.78. The molecular weight excluding hydrogens is 272 g/mol. The molecule has 1 N–H and O–H groups in total. The molecule has 1 amide bonds. The van der Waals surface area contributed by atoms with Crippen molar-refractivity contribution in [3.05, 3.63) is 65.5 Å². The molecule has 0 bridgehead atoms. The number of hydrogen-bond donors (Lipinski definition) is 1. The average Bonchev–Trinajstić information content (AvgIpc) is 2.58. The van der Waals surface area contributed by atoms with Crippen molar-refractivity contribution in [1.82, 2.24) is 10.3 Å². The summed E-state index contributed by atoms with van der Waals surface area (Å²) >= 11 is 0. The van der Waals surface area contributed by atoms with Crippen LogP contribution in [-0.4, -0.2) is 17.4 Å². The summed E-state index contributed by atoms with van der Waals surface area (Å²) in [6.07, 6.45) is 7.96. The Kier molecular flexibility index (Phi) is 6.62. The van der Waals surface area contributed by atoms with Crippen molar-refractivity contribution >= 4 is 5.91 Å². The van der Waals surface area contributed by atoms with Crippen molar-refractivity contribution < 1.29 is 4.79 Å². The van der Waals surface area contributed by atoms with E-state index in [2.05, 4.69) is 47.6 Å². The summed E-state index contributed by atoms with van der Waals surface area (Å²) in [5.74, 6) is 0.130. The number of carbonyl (C=O) groups excluding carboxylic acids is 1. The van der Waals surface area contributed by atoms with E-state index in [1.54, 1.807) is 6.20 Å². The van der Waals surface area contributed by atoms with Crippen LogP contribution in [0.1, 0.15) is 36.5 Å². The number of amides is 1. The van der Waals surface area contributed by atoms with Crippen molar-refractivity contribution in [1.29, 1.82) is 0 Å². The number of nitrogens with zero attached hydrogens (tertiary/aromatic N) is 1. The second kappa shape index (κ2) is 8.98. The normalized spacial score (nSPS) is 10.4. The summed E-state index contributed by atoms with van der Waals surface area (Å²) < 4.78 is 0. The molecule has 3 nitrogen and oxygen atoms in total. The van der Waals surface area contributed by atoms with Crippen molar-refractivity contribution in [2.24, 2.45) is 0 Å². The Morgan fingerprint density at radius 1 is 1.05 bits per heavy atom. The van der Waals surface area contributed by atoms with E-state index < -0.39 is 0 Å². The predicted octanol–water partition coefficient (Wildman–Crippen LogP) is 3.33. The Morgan fingerprint density at radius 2 is 1.82 bits per heavy atom. The maximum absolute atomic E-state index is 11.8. The van der Waals surface area contributed by atoms with Gasteiger partial charge in [-0.15, -0.1) is 0 Å². The summed E-state index contributed by atoms with van der Waals surface area (Å²) in [4.78, 5) is 15.9. The lowest BCUT2D eigenvalue weighted by Gasteiger charge is -2.06. The van der Waals surface area contributed by atoms with E-state index in [1.807, 2.05) is 12.3 Å². The molecule has 22 heavy (non-hydrogen) atoms. The van der Waals surface area contributed by atoms with E-state index >= 15 is 0 Å². The van der Waals surface area contributed by atoms with Crippen LogP contribution in [0.4, 0.5) is 0 Å². The highest BCUT2D eigenvalue weighted by atomic mass is 16.1. The first-order valence-electron chi connectivity index (χ1n) is 8.01. The molecule has 1 aromatic carbocycles. The van der Waals surface area contributed by atoms with E-state index in [-0.39, 0.29) is 5.91 Å². The lowest BCUT2D eigenvalue weighted by molar-refractivity contribution is -0.121. The zero-order valence-electron chi connectivity index (χ0n) is 13.2. The Hall–Kier alpha value is -2.16. The van der Waals surface area contributed by atoms with Crippen LogP contribution >= 0.6 is 0 Å². The molecule has 2 aromatic rings. The molecule has 0 aliphatic carbocycles. The minimum absolute atomic E-state index is 0.130. The highest BCUT2D eigenvalue weighted by Gasteiger charge is 2.02. The summed E-state index contributed by atoms with van der Waals surface area (Å²) in [7, 11) is 0. The van der Waals surface area contributed by atoms with Crippen LogP contribution in [0.3, 0.4) is 0 Å². The molecule has 0 aliphatic heterocycles. The van der Waals surface area contributed by atoms with Crippen molar-refractivity contribution in [2.45, 2.75) is 39.0 Å². The fraction of sp³-hybridized carbons (Fsp3) is 0.368. The Morgan fingerprint density at radius 3 is 2.50 bits per heavy atom. The Bertz CT molecular complexity index is 564. The smallest absolute Gasteiger partial charge is 0.220 e. The van der Waals surface area contributed by atoms with E-state index in [1.165, 1.54) is 16.7 Å². The van der Waals surface area contributed by atoms with Crippen LogP contribution in [0.15, 0.2) is 48.8 Å². The van der Waals surface area contributed by atoms with Gasteiger partial charge < -0.3 is 5.32 Å². The Balaban J connectivity index is 1.61. The number of rotatable bonds is 8. The molecule has 0 unspecified atom stereocenters. The molecule has 0 fully saturated rings. The summed E-state index contributed by atoms with van der Waals surface area (Å²) in [5, 5.41) is 2.99. The van der Waals surface area contributed by atoms with Crippen LogP contribution in [-0.2, 0) is 24.1 Å². The van der Waals surface area contributed by atoms with Crippen LogP contribution in [0.25, 0.3) is 0 Å². The molecule has 1 aromatic heterocycles. The Labute approximate surface area is 132 Å². The topological polar surface area (TPSA) is 42.0 Å². The van der Waals surface area contributed by atoms with Gasteiger partial charge in [0, 0.05) is 25.4 Å². The number of hydrogen-bond acceptors (Lipinski definition) is 2. The highest BCUT2D eigenvalue weighted by molar-refractivity contribution is 5.76. The molecule has 1 heterocycles. The molecule has 2 rings (SSSR count). The van der Waals surface area contributed by atoms with Gasteiger partial charge in [-0.1, -0.05) is 37.3 Å². The van der Waals surface area contributed by atoms with Crippen LogP contribution in [0.5, 0.6) is 0 Å². The zero-order chi connectivity index (χ0) is 15.6. The molecule has 3 heteroatoms. The lowest BCUT2D eigenvalue weighted by Crippen LogP contribution is -2.24. The molecule has 0 radical (unpaired) electrons. The molecule has 116 valence electrons. The van der Waals surface area contributed by atoms with Gasteiger partial charge in [0.2, 0.25) is 5.91 Å². The minimum Gasteiger partial charge on any atom is -0.356 e. The number of pyridine rings is 1. The number of aromatic nitrogens is 1. The standard InChI is InChI=1S/C19H24N2O/c1-2-16-7-9-17(10-8-16)11-12-19(22)21-14-4-6-18-5-3-13-20-15-18/h3,5,7-10,13,15H,2,4,6,11-12,14H2,1H3,(H,21,22). The molecular formula is C19H24N2O. The van der Waals surface area contributed by atoms with Gasteiger partial charge in [0.25, 0.3) is 0 Å². The fourth-order valence-electron chi connectivity index (χ4n) is 2.35. The summed E-state index contributed by atoms with van der Waals surface area (Å²) in [6, 6.07) is 12.5. The van der Waals surface area contributed by atoms with E-state index in [9.17, 15) is 4.79 Å². The van der Waals surface area contributed by atoms with Crippen LogP contribution in [0, 0.1) is 0 Å². The second-order valence-electron chi connectivity index (χ2n) is 5.48. The van der Waals surface area contributed by atoms with Gasteiger partial charge in [-0.05, 0) is 48.4 Å². The lowest BCUT2D eigenvalue weighted by atomic mass is 10.1. The van der Waals surface area contributed by atoms with Crippen LogP contribution < -0.4 is 5.32 Å². The monoisotopic (exact) mass is 296 g/mol. The van der Waals surface area contributed by atoms with Gasteiger partial charge in [-0.2, -0.15) is 0 Å². The first-order valence-corrected chi connectivity index (χ1v) is 8.01. The third-order valence-electron chi connectivity index (χ3n) is 3.76. The second-order valence-corrected chi connectivity index (χ2v) is 5.48. The fourth-order valence-corrected chi connectivity index (χ4v) is 2.35. The number of benzene rings is 1. The van der Waals surface area contributed by atoms with Crippen molar-refractivity contribution in [3.63, 3.8) is 0 Å². The first-order chi connectivity index (χ1) is 10.8. The molecule has 0 saturated heterocycles. The number of nitrogens with one attached hydrogen (secondary N) is 1. The number of carbonyl (C=O) groups is 1. The quantitative estimate of drug-likeness (QED) is 0.759. The molecule has 0 saturated carbocycles. The van der Waals surface area contributed by atoms with Gasteiger partial charge in [-0.25, -0.2) is 0 Å². The van der Waals surface area contributed by atoms with Gasteiger partial charge in [0.05, 0.1) is 0 Å². The SMILES string of the molecule is CCc1ccc(CCC(=O)NCCCc2cccnc2)cc1. The maximum atomic E-state index is 11.8. The molecule has 0 spiro atoms. The first kappa shape index (κ1) is 16.2. The molecule has 0 atom stereocenters. The van der Waals surface area contributed by atoms with Crippen molar-refractivity contribution in [2.75, 3.05) is 6.54 Å². The highest BCUT2D eigenvalue weighted by Crippen LogP contribution is 2.07. The maximum Gasteiger partial charge on any atom is 0.220 e. The van der Waals surface area contributed by atoms with Gasteiger partial charge in [0.15, 0.2) is 0 Å².